The Labute approximate surface area is 47.9 Å². The number of allylic oxidation sites excluding steroid dienone is 1. The molecule has 0 atom stereocenters. The Hall–Kier alpha value is -0.990. The van der Waals surface area contributed by atoms with Crippen molar-refractivity contribution < 1.29 is 14.3 Å². The molecule has 46 valence electrons. The highest BCUT2D eigenvalue weighted by atomic mass is 16.5. The minimum Gasteiger partial charge on any atom is -0.501 e. The van der Waals surface area contributed by atoms with Crippen LogP contribution in [0.15, 0.2) is 12.0 Å². The predicted octanol–water partition coefficient (Wildman–Crippen LogP) is 0.667. The van der Waals surface area contributed by atoms with Crippen LogP contribution >= 0.6 is 0 Å². The molecule has 0 spiro atoms. The smallest absolute Gasteiger partial charge is 0.298 e. The number of ether oxygens (including phenoxy) is 2. The minimum atomic E-state index is 0.352. The van der Waals surface area contributed by atoms with Gasteiger partial charge in [0.2, 0.25) is 0 Å². The average Bonchev–Trinajstić information content (AvgIpc) is 1.68. The molecular weight excluding hydrogens is 108 g/mol. The minimum absolute atomic E-state index is 0.352. The maximum Gasteiger partial charge on any atom is 0.298 e. The van der Waals surface area contributed by atoms with Gasteiger partial charge in [0.1, 0.15) is 12.0 Å². The van der Waals surface area contributed by atoms with Crippen LogP contribution in [0.1, 0.15) is 6.92 Å². The number of hydrogen-bond acceptors (Lipinski definition) is 3. The van der Waals surface area contributed by atoms with Crippen LogP contribution in [0.25, 0.3) is 0 Å². The topological polar surface area (TPSA) is 35.5 Å². The normalized spacial score (nSPS) is 10.5. The second kappa shape index (κ2) is 4.18. The van der Waals surface area contributed by atoms with E-state index in [9.17, 15) is 4.79 Å². The van der Waals surface area contributed by atoms with Gasteiger partial charge in [-0.05, 0) is 6.92 Å². The summed E-state index contributed by atoms with van der Waals surface area (Å²) in [4.78, 5) is 9.57. The summed E-state index contributed by atoms with van der Waals surface area (Å²) < 4.78 is 8.85. The number of carbonyl (C=O) groups is 1. The summed E-state index contributed by atoms with van der Waals surface area (Å²) in [5.74, 6) is 0.447. The summed E-state index contributed by atoms with van der Waals surface area (Å²) in [5, 5.41) is 0. The fraction of sp³-hybridized carbons (Fsp3) is 0.400. The Balaban J connectivity index is 3.44. The second-order valence-electron chi connectivity index (χ2n) is 1.18. The van der Waals surface area contributed by atoms with Gasteiger partial charge >= 0.3 is 0 Å². The SMILES string of the molecule is CO/C=C(/C)OC=O. The molecule has 0 aromatic heterocycles. The fourth-order valence-corrected chi connectivity index (χ4v) is 0.270. The molecule has 0 unspecified atom stereocenters. The molecule has 0 saturated carbocycles. The molecule has 0 saturated heterocycles. The van der Waals surface area contributed by atoms with Gasteiger partial charge in [-0.25, -0.2) is 0 Å². The molecule has 0 fully saturated rings. The lowest BCUT2D eigenvalue weighted by atomic mass is 10.6. The lowest BCUT2D eigenvalue weighted by molar-refractivity contribution is -0.125. The van der Waals surface area contributed by atoms with Crippen molar-refractivity contribution in [3.63, 3.8) is 0 Å². The van der Waals surface area contributed by atoms with Crippen molar-refractivity contribution in [3.8, 4) is 0 Å². The molecule has 0 N–H and O–H groups in total. The molecule has 0 amide bonds. The third kappa shape index (κ3) is 3.21. The van der Waals surface area contributed by atoms with Crippen molar-refractivity contribution in [2.75, 3.05) is 7.11 Å². The zero-order valence-corrected chi connectivity index (χ0v) is 4.88. The van der Waals surface area contributed by atoms with Crippen molar-refractivity contribution in [3.05, 3.63) is 12.0 Å². The summed E-state index contributed by atoms with van der Waals surface area (Å²) in [6, 6.07) is 0. The predicted molar refractivity (Wildman–Crippen MR) is 27.9 cm³/mol. The van der Waals surface area contributed by atoms with Crippen molar-refractivity contribution in [1.29, 1.82) is 0 Å². The zero-order chi connectivity index (χ0) is 6.41. The van der Waals surface area contributed by atoms with E-state index in [0.29, 0.717) is 12.2 Å². The summed E-state index contributed by atoms with van der Waals surface area (Å²) in [6.07, 6.45) is 1.34. The van der Waals surface area contributed by atoms with E-state index < -0.39 is 0 Å². The van der Waals surface area contributed by atoms with Crippen LogP contribution in [0.5, 0.6) is 0 Å². The maximum absolute atomic E-state index is 9.57. The molecule has 3 nitrogen and oxygen atoms in total. The van der Waals surface area contributed by atoms with Crippen LogP contribution in [-0.4, -0.2) is 13.6 Å². The summed E-state index contributed by atoms with van der Waals surface area (Å²) >= 11 is 0. The number of hydrogen-bond donors (Lipinski definition) is 0. The third-order valence-electron chi connectivity index (χ3n) is 0.518. The van der Waals surface area contributed by atoms with Crippen molar-refractivity contribution in [1.82, 2.24) is 0 Å². The molecule has 8 heavy (non-hydrogen) atoms. The lowest BCUT2D eigenvalue weighted by Crippen LogP contribution is -1.83. The van der Waals surface area contributed by atoms with Gasteiger partial charge in [-0.15, -0.1) is 0 Å². The highest BCUT2D eigenvalue weighted by molar-refractivity contribution is 5.39. The monoisotopic (exact) mass is 116 g/mol. The Morgan fingerprint density at radius 2 is 2.25 bits per heavy atom. The van der Waals surface area contributed by atoms with Gasteiger partial charge in [0, 0.05) is 0 Å². The van der Waals surface area contributed by atoms with Crippen LogP contribution in [0, 0.1) is 0 Å². The number of methoxy groups -OCH3 is 1. The Morgan fingerprint density at radius 1 is 1.62 bits per heavy atom. The van der Waals surface area contributed by atoms with E-state index >= 15 is 0 Å². The summed E-state index contributed by atoms with van der Waals surface area (Å²) in [7, 11) is 1.48. The molecule has 3 heteroatoms. The molecule has 0 rings (SSSR count). The molecule has 0 aliphatic rings. The third-order valence-corrected chi connectivity index (χ3v) is 0.518. The van der Waals surface area contributed by atoms with Crippen LogP contribution < -0.4 is 0 Å². The lowest BCUT2D eigenvalue weighted by Gasteiger charge is -1.92. The van der Waals surface area contributed by atoms with E-state index in [1.165, 1.54) is 13.4 Å². The van der Waals surface area contributed by atoms with E-state index in [1.54, 1.807) is 6.92 Å². The van der Waals surface area contributed by atoms with Gasteiger partial charge in [-0.3, -0.25) is 4.79 Å². The summed E-state index contributed by atoms with van der Waals surface area (Å²) in [5.41, 5.74) is 0. The van der Waals surface area contributed by atoms with Crippen molar-refractivity contribution >= 4 is 6.47 Å². The Bertz CT molecular complexity index is 95.8. The molecular formula is C5H8O3. The first-order chi connectivity index (χ1) is 3.81. The summed E-state index contributed by atoms with van der Waals surface area (Å²) in [6.45, 7) is 1.97. The van der Waals surface area contributed by atoms with Crippen LogP contribution in [-0.2, 0) is 14.3 Å². The van der Waals surface area contributed by atoms with Gasteiger partial charge < -0.3 is 9.47 Å². The number of carbonyl (C=O) groups excluding carboxylic acids is 1. The maximum atomic E-state index is 9.57. The molecule has 0 aromatic rings. The van der Waals surface area contributed by atoms with E-state index in [1.807, 2.05) is 0 Å². The van der Waals surface area contributed by atoms with E-state index in [-0.39, 0.29) is 0 Å². The Kier molecular flexibility index (Phi) is 3.66. The highest BCUT2D eigenvalue weighted by Gasteiger charge is 1.82. The molecule has 0 radical (unpaired) electrons. The molecule has 0 aliphatic carbocycles. The van der Waals surface area contributed by atoms with Crippen molar-refractivity contribution in [2.24, 2.45) is 0 Å². The standard InChI is InChI=1S/C5H8O3/c1-5(3-7-2)8-4-6/h3-4H,1-2H3/b5-3-. The molecule has 0 bridgehead atoms. The molecule has 0 heterocycles. The van der Waals surface area contributed by atoms with Gasteiger partial charge in [0.05, 0.1) is 7.11 Å². The first kappa shape index (κ1) is 7.01. The second-order valence-corrected chi connectivity index (χ2v) is 1.18. The quantitative estimate of drug-likeness (QED) is 0.401. The fourth-order valence-electron chi connectivity index (χ4n) is 0.270. The van der Waals surface area contributed by atoms with Crippen LogP contribution in [0.2, 0.25) is 0 Å². The van der Waals surface area contributed by atoms with E-state index in [4.69, 9.17) is 0 Å². The number of rotatable bonds is 3. The van der Waals surface area contributed by atoms with Gasteiger partial charge in [-0.1, -0.05) is 0 Å². The first-order valence-corrected chi connectivity index (χ1v) is 2.11. The van der Waals surface area contributed by atoms with Crippen LogP contribution in [0.3, 0.4) is 0 Å². The molecule has 0 aliphatic heterocycles. The van der Waals surface area contributed by atoms with Gasteiger partial charge in [-0.2, -0.15) is 0 Å². The largest absolute Gasteiger partial charge is 0.501 e. The van der Waals surface area contributed by atoms with E-state index in [2.05, 4.69) is 9.47 Å². The van der Waals surface area contributed by atoms with Gasteiger partial charge in [0.15, 0.2) is 0 Å². The highest BCUT2D eigenvalue weighted by Crippen LogP contribution is 1.90. The Morgan fingerprint density at radius 3 is 2.62 bits per heavy atom. The first-order valence-electron chi connectivity index (χ1n) is 2.11. The van der Waals surface area contributed by atoms with Crippen LogP contribution in [0.4, 0.5) is 0 Å². The van der Waals surface area contributed by atoms with E-state index in [0.717, 1.165) is 0 Å². The average molecular weight is 116 g/mol. The molecule has 0 aromatic carbocycles. The van der Waals surface area contributed by atoms with Crippen molar-refractivity contribution in [2.45, 2.75) is 6.92 Å². The van der Waals surface area contributed by atoms with Gasteiger partial charge in [0.25, 0.3) is 6.47 Å². The zero-order valence-electron chi connectivity index (χ0n) is 4.88.